The van der Waals surface area contributed by atoms with Gasteiger partial charge in [-0.05, 0) is 20.9 Å². The van der Waals surface area contributed by atoms with Crippen molar-refractivity contribution in [1.29, 1.82) is 0 Å². The molecular weight excluding hydrogens is 204 g/mol. The number of nitrogens with two attached hydrogens (primary N) is 1. The first-order valence-corrected chi connectivity index (χ1v) is 5.97. The average molecular weight is 228 g/mol. The first kappa shape index (κ1) is 13.4. The fraction of sp³-hybridized carbons (Fsp3) is 0.909. The van der Waals surface area contributed by atoms with E-state index >= 15 is 0 Å². The van der Waals surface area contributed by atoms with Gasteiger partial charge in [0.25, 0.3) is 0 Å². The van der Waals surface area contributed by atoms with Crippen molar-refractivity contribution in [1.82, 2.24) is 15.1 Å². The zero-order chi connectivity index (χ0) is 12.1. The molecule has 5 nitrogen and oxygen atoms in total. The van der Waals surface area contributed by atoms with Crippen LogP contribution >= 0.6 is 0 Å². The van der Waals surface area contributed by atoms with E-state index in [0.29, 0.717) is 6.04 Å². The number of likely N-dealkylation sites (N-methyl/N-ethyl adjacent to an activating group) is 1. The summed E-state index contributed by atoms with van der Waals surface area (Å²) in [6, 6.07) is 0.379. The Hall–Kier alpha value is -0.650. The van der Waals surface area contributed by atoms with Crippen LogP contribution in [-0.2, 0) is 4.79 Å². The lowest BCUT2D eigenvalue weighted by atomic mass is 10.2. The van der Waals surface area contributed by atoms with Gasteiger partial charge < -0.3 is 11.1 Å². The molecule has 0 radical (unpaired) electrons. The number of primary amides is 1. The maximum Gasteiger partial charge on any atom is 0.235 e. The van der Waals surface area contributed by atoms with Crippen molar-refractivity contribution in [3.8, 4) is 0 Å². The number of hydrogen-bond donors (Lipinski definition) is 2. The van der Waals surface area contributed by atoms with Gasteiger partial charge in [0.2, 0.25) is 5.91 Å². The second-order valence-electron chi connectivity index (χ2n) is 4.67. The zero-order valence-electron chi connectivity index (χ0n) is 10.6. The third-order valence-corrected chi connectivity index (χ3v) is 3.27. The van der Waals surface area contributed by atoms with Crippen LogP contribution in [0.25, 0.3) is 0 Å². The van der Waals surface area contributed by atoms with Crippen molar-refractivity contribution in [2.75, 3.05) is 39.8 Å². The average Bonchev–Trinajstić information content (AvgIpc) is 2.26. The number of rotatable bonds is 5. The molecule has 0 saturated carbocycles. The van der Waals surface area contributed by atoms with E-state index in [1.54, 1.807) is 7.05 Å². The van der Waals surface area contributed by atoms with Gasteiger partial charge in [0.15, 0.2) is 0 Å². The van der Waals surface area contributed by atoms with Crippen LogP contribution in [0, 0.1) is 0 Å². The van der Waals surface area contributed by atoms with Crippen LogP contribution in [0.4, 0.5) is 0 Å². The van der Waals surface area contributed by atoms with Gasteiger partial charge in [-0.2, -0.15) is 0 Å². The van der Waals surface area contributed by atoms with E-state index in [4.69, 9.17) is 5.73 Å². The standard InChI is InChI=1S/C11H24N4O/c1-9(2)15-6-4-14(5-7-15)8-10(13-3)11(12)16/h9-10,13H,4-8H2,1-3H3,(H2,12,16). The number of piperazine rings is 1. The summed E-state index contributed by atoms with van der Waals surface area (Å²) in [5.41, 5.74) is 5.30. The van der Waals surface area contributed by atoms with E-state index in [-0.39, 0.29) is 11.9 Å². The molecule has 1 heterocycles. The Labute approximate surface area is 98.0 Å². The molecule has 1 aliphatic heterocycles. The van der Waals surface area contributed by atoms with Crippen LogP contribution in [0.1, 0.15) is 13.8 Å². The fourth-order valence-electron chi connectivity index (χ4n) is 2.04. The Bertz CT molecular complexity index is 224. The number of nitrogens with one attached hydrogen (secondary N) is 1. The van der Waals surface area contributed by atoms with Crippen LogP contribution in [0.5, 0.6) is 0 Å². The normalized spacial score (nSPS) is 21.2. The molecule has 1 atom stereocenters. The minimum Gasteiger partial charge on any atom is -0.368 e. The largest absolute Gasteiger partial charge is 0.368 e. The molecule has 1 saturated heterocycles. The maximum absolute atomic E-state index is 11.1. The first-order valence-electron chi connectivity index (χ1n) is 5.97. The lowest BCUT2D eigenvalue weighted by Gasteiger charge is -2.37. The van der Waals surface area contributed by atoms with E-state index in [1.165, 1.54) is 0 Å². The van der Waals surface area contributed by atoms with E-state index in [9.17, 15) is 4.79 Å². The van der Waals surface area contributed by atoms with Crippen LogP contribution < -0.4 is 11.1 Å². The highest BCUT2D eigenvalue weighted by atomic mass is 16.1. The Morgan fingerprint density at radius 1 is 1.31 bits per heavy atom. The van der Waals surface area contributed by atoms with E-state index in [0.717, 1.165) is 32.7 Å². The molecule has 16 heavy (non-hydrogen) atoms. The lowest BCUT2D eigenvalue weighted by Crippen LogP contribution is -2.54. The maximum atomic E-state index is 11.1. The van der Waals surface area contributed by atoms with Gasteiger partial charge in [-0.3, -0.25) is 14.6 Å². The topological polar surface area (TPSA) is 61.6 Å². The monoisotopic (exact) mass is 228 g/mol. The minimum atomic E-state index is -0.270. The SMILES string of the molecule is CNC(CN1CCN(C(C)C)CC1)C(N)=O. The predicted octanol–water partition coefficient (Wildman–Crippen LogP) is -0.914. The highest BCUT2D eigenvalue weighted by Crippen LogP contribution is 2.06. The minimum absolute atomic E-state index is 0.231. The molecule has 1 fully saturated rings. The van der Waals surface area contributed by atoms with Crippen molar-refractivity contribution in [3.05, 3.63) is 0 Å². The van der Waals surface area contributed by atoms with Crippen molar-refractivity contribution in [2.45, 2.75) is 25.9 Å². The molecule has 0 aromatic carbocycles. The molecule has 94 valence electrons. The molecular formula is C11H24N4O. The number of nitrogens with zero attached hydrogens (tertiary/aromatic N) is 2. The highest BCUT2D eigenvalue weighted by molar-refractivity contribution is 5.80. The smallest absolute Gasteiger partial charge is 0.235 e. The summed E-state index contributed by atoms with van der Waals surface area (Å²) in [5, 5.41) is 2.95. The predicted molar refractivity (Wildman–Crippen MR) is 65.2 cm³/mol. The van der Waals surface area contributed by atoms with Crippen molar-refractivity contribution < 1.29 is 4.79 Å². The molecule has 0 aromatic heterocycles. The summed E-state index contributed by atoms with van der Waals surface area (Å²) < 4.78 is 0. The van der Waals surface area contributed by atoms with Gasteiger partial charge in [0.05, 0.1) is 6.04 Å². The van der Waals surface area contributed by atoms with Gasteiger partial charge in [-0.1, -0.05) is 0 Å². The Morgan fingerprint density at radius 2 is 1.88 bits per heavy atom. The van der Waals surface area contributed by atoms with Crippen molar-refractivity contribution >= 4 is 5.91 Å². The van der Waals surface area contributed by atoms with Gasteiger partial charge in [-0.25, -0.2) is 0 Å². The van der Waals surface area contributed by atoms with Gasteiger partial charge >= 0.3 is 0 Å². The van der Waals surface area contributed by atoms with Crippen LogP contribution in [0.3, 0.4) is 0 Å². The van der Waals surface area contributed by atoms with E-state index in [1.807, 2.05) is 0 Å². The van der Waals surface area contributed by atoms with Crippen molar-refractivity contribution in [3.63, 3.8) is 0 Å². The third kappa shape index (κ3) is 3.73. The van der Waals surface area contributed by atoms with Gasteiger partial charge in [0, 0.05) is 38.8 Å². The molecule has 5 heteroatoms. The summed E-state index contributed by atoms with van der Waals surface area (Å²) in [6.07, 6.45) is 0. The second kappa shape index (κ2) is 6.18. The Kier molecular flexibility index (Phi) is 5.18. The van der Waals surface area contributed by atoms with Crippen molar-refractivity contribution in [2.24, 2.45) is 5.73 Å². The van der Waals surface area contributed by atoms with Gasteiger partial charge in [-0.15, -0.1) is 0 Å². The van der Waals surface area contributed by atoms with Crippen LogP contribution in [0.15, 0.2) is 0 Å². The Morgan fingerprint density at radius 3 is 2.25 bits per heavy atom. The molecule has 1 aliphatic rings. The first-order chi connectivity index (χ1) is 7.54. The summed E-state index contributed by atoms with van der Waals surface area (Å²) >= 11 is 0. The third-order valence-electron chi connectivity index (χ3n) is 3.27. The summed E-state index contributed by atoms with van der Waals surface area (Å²) in [6.45, 7) is 9.34. The molecule has 0 aliphatic carbocycles. The number of carbonyl (C=O) groups excluding carboxylic acids is 1. The summed E-state index contributed by atoms with van der Waals surface area (Å²) in [5.74, 6) is -0.270. The molecule has 3 N–H and O–H groups in total. The van der Waals surface area contributed by atoms with E-state index < -0.39 is 0 Å². The molecule has 0 spiro atoms. The van der Waals surface area contributed by atoms with Crippen LogP contribution in [0.2, 0.25) is 0 Å². The van der Waals surface area contributed by atoms with Crippen LogP contribution in [-0.4, -0.2) is 67.6 Å². The molecule has 1 amide bonds. The summed E-state index contributed by atoms with van der Waals surface area (Å²) in [7, 11) is 1.78. The molecule has 0 aromatic rings. The lowest BCUT2D eigenvalue weighted by molar-refractivity contribution is -0.120. The fourth-order valence-corrected chi connectivity index (χ4v) is 2.04. The number of amides is 1. The molecule has 1 rings (SSSR count). The summed E-state index contributed by atoms with van der Waals surface area (Å²) in [4.78, 5) is 15.8. The number of carbonyl (C=O) groups is 1. The van der Waals surface area contributed by atoms with Gasteiger partial charge in [0.1, 0.15) is 0 Å². The zero-order valence-corrected chi connectivity index (χ0v) is 10.6. The number of hydrogen-bond acceptors (Lipinski definition) is 4. The quantitative estimate of drug-likeness (QED) is 0.639. The molecule has 0 bridgehead atoms. The highest BCUT2D eigenvalue weighted by Gasteiger charge is 2.22. The second-order valence-corrected chi connectivity index (χ2v) is 4.67. The molecule has 1 unspecified atom stereocenters. The Balaban J connectivity index is 2.34. The van der Waals surface area contributed by atoms with E-state index in [2.05, 4.69) is 29.0 Å².